The number of amides is 2. The molecular formula is C23H27N3O3. The number of nitrogens with zero attached hydrogens (tertiary/aromatic N) is 1. The monoisotopic (exact) mass is 393 g/mol. The molecule has 2 amide bonds. The van der Waals surface area contributed by atoms with E-state index in [2.05, 4.69) is 34.9 Å². The molecule has 0 aliphatic carbocycles. The number of fused-ring (bicyclic) bond motifs is 1. The number of carbonyl (C=O) groups is 2. The number of rotatable bonds is 5. The molecule has 1 saturated heterocycles. The highest BCUT2D eigenvalue weighted by molar-refractivity contribution is 5.96. The van der Waals surface area contributed by atoms with Gasteiger partial charge in [0.25, 0.3) is 5.91 Å². The summed E-state index contributed by atoms with van der Waals surface area (Å²) in [7, 11) is 0. The standard InChI is InChI=1S/C23H27N3O3/c1-16(24-19-7-8-21-20(14-19)25-22(27)15-29-21)23(28)26-11-9-18(10-12-26)13-17-5-3-2-4-6-17/h2-8,14,16,18,24H,9-13,15H2,1H3,(H,25,27)/t16-/m0/s1. The first-order valence-corrected chi connectivity index (χ1v) is 10.2. The summed E-state index contributed by atoms with van der Waals surface area (Å²) < 4.78 is 5.38. The highest BCUT2D eigenvalue weighted by atomic mass is 16.5. The normalized spacial score (nSPS) is 17.7. The largest absolute Gasteiger partial charge is 0.482 e. The summed E-state index contributed by atoms with van der Waals surface area (Å²) in [6.07, 6.45) is 3.16. The van der Waals surface area contributed by atoms with Gasteiger partial charge in [0.05, 0.1) is 5.69 Å². The number of benzene rings is 2. The molecule has 1 fully saturated rings. The Bertz CT molecular complexity index is 876. The number of ether oxygens (including phenoxy) is 1. The maximum atomic E-state index is 12.9. The number of anilines is 2. The fourth-order valence-electron chi connectivity index (χ4n) is 4.06. The molecule has 0 unspecified atom stereocenters. The van der Waals surface area contributed by atoms with Crippen LogP contribution < -0.4 is 15.4 Å². The van der Waals surface area contributed by atoms with E-state index in [1.807, 2.05) is 36.1 Å². The molecule has 0 saturated carbocycles. The van der Waals surface area contributed by atoms with Crippen molar-refractivity contribution in [2.24, 2.45) is 5.92 Å². The summed E-state index contributed by atoms with van der Waals surface area (Å²) in [5, 5.41) is 6.05. The van der Waals surface area contributed by atoms with E-state index in [1.165, 1.54) is 5.56 Å². The summed E-state index contributed by atoms with van der Waals surface area (Å²) in [5.74, 6) is 1.22. The van der Waals surface area contributed by atoms with Gasteiger partial charge in [-0.15, -0.1) is 0 Å². The van der Waals surface area contributed by atoms with Gasteiger partial charge in [0.15, 0.2) is 6.61 Å². The van der Waals surface area contributed by atoms with E-state index >= 15 is 0 Å². The second-order valence-electron chi connectivity index (χ2n) is 7.87. The van der Waals surface area contributed by atoms with Gasteiger partial charge in [-0.05, 0) is 55.9 Å². The molecule has 2 N–H and O–H groups in total. The Morgan fingerprint density at radius 2 is 1.97 bits per heavy atom. The first-order chi connectivity index (χ1) is 14.1. The van der Waals surface area contributed by atoms with Crippen LogP contribution in [0.1, 0.15) is 25.3 Å². The highest BCUT2D eigenvalue weighted by Gasteiger charge is 2.26. The van der Waals surface area contributed by atoms with Gasteiger partial charge in [0, 0.05) is 18.8 Å². The first-order valence-electron chi connectivity index (χ1n) is 10.2. The number of carbonyl (C=O) groups excluding carboxylic acids is 2. The van der Waals surface area contributed by atoms with Gasteiger partial charge in [-0.3, -0.25) is 9.59 Å². The Labute approximate surface area is 171 Å². The molecule has 0 bridgehead atoms. The minimum atomic E-state index is -0.334. The quantitative estimate of drug-likeness (QED) is 0.818. The van der Waals surface area contributed by atoms with Crippen LogP contribution in [0.2, 0.25) is 0 Å². The first kappa shape index (κ1) is 19.3. The third-order valence-electron chi connectivity index (χ3n) is 5.66. The van der Waals surface area contributed by atoms with Crippen molar-refractivity contribution in [2.45, 2.75) is 32.2 Å². The van der Waals surface area contributed by atoms with Gasteiger partial charge >= 0.3 is 0 Å². The van der Waals surface area contributed by atoms with E-state index in [0.717, 1.165) is 38.0 Å². The SMILES string of the molecule is C[C@H](Nc1ccc2c(c1)NC(=O)CO2)C(=O)N1CCC(Cc2ccccc2)CC1. The predicted molar refractivity (Wildman–Crippen MR) is 113 cm³/mol. The molecule has 0 radical (unpaired) electrons. The second-order valence-corrected chi connectivity index (χ2v) is 7.87. The molecule has 29 heavy (non-hydrogen) atoms. The summed E-state index contributed by atoms with van der Waals surface area (Å²) in [6, 6.07) is 15.7. The Morgan fingerprint density at radius 3 is 2.72 bits per heavy atom. The predicted octanol–water partition coefficient (Wildman–Crippen LogP) is 3.30. The number of hydrogen-bond donors (Lipinski definition) is 2. The molecule has 0 spiro atoms. The molecule has 2 heterocycles. The van der Waals surface area contributed by atoms with Gasteiger partial charge < -0.3 is 20.3 Å². The molecule has 6 nitrogen and oxygen atoms in total. The molecule has 2 aliphatic heterocycles. The van der Waals surface area contributed by atoms with Crippen LogP contribution in [0.25, 0.3) is 0 Å². The molecule has 2 aromatic carbocycles. The molecular weight excluding hydrogens is 366 g/mol. The number of nitrogens with one attached hydrogen (secondary N) is 2. The zero-order valence-corrected chi connectivity index (χ0v) is 16.7. The molecule has 2 aromatic rings. The van der Waals surface area contributed by atoms with Gasteiger partial charge in [-0.2, -0.15) is 0 Å². The van der Waals surface area contributed by atoms with Crippen LogP contribution in [-0.2, 0) is 16.0 Å². The lowest BCUT2D eigenvalue weighted by atomic mass is 9.90. The van der Waals surface area contributed by atoms with Crippen molar-refractivity contribution in [3.8, 4) is 5.75 Å². The van der Waals surface area contributed by atoms with Crippen molar-refractivity contribution in [3.05, 3.63) is 54.1 Å². The van der Waals surface area contributed by atoms with Gasteiger partial charge in [-0.1, -0.05) is 30.3 Å². The number of likely N-dealkylation sites (tertiary alicyclic amines) is 1. The topological polar surface area (TPSA) is 70.7 Å². The fraction of sp³-hybridized carbons (Fsp3) is 0.391. The van der Waals surface area contributed by atoms with Crippen molar-refractivity contribution in [2.75, 3.05) is 30.3 Å². The van der Waals surface area contributed by atoms with E-state index in [0.29, 0.717) is 17.4 Å². The molecule has 6 heteroatoms. The van der Waals surface area contributed by atoms with Crippen molar-refractivity contribution in [1.29, 1.82) is 0 Å². The summed E-state index contributed by atoms with van der Waals surface area (Å²) in [5.41, 5.74) is 2.79. The summed E-state index contributed by atoms with van der Waals surface area (Å²) in [6.45, 7) is 3.52. The molecule has 2 aliphatic rings. The summed E-state index contributed by atoms with van der Waals surface area (Å²) >= 11 is 0. The maximum Gasteiger partial charge on any atom is 0.262 e. The molecule has 4 rings (SSSR count). The van der Waals surface area contributed by atoms with Gasteiger partial charge in [-0.25, -0.2) is 0 Å². The highest BCUT2D eigenvalue weighted by Crippen LogP contribution is 2.31. The number of hydrogen-bond acceptors (Lipinski definition) is 4. The lowest BCUT2D eigenvalue weighted by molar-refractivity contribution is -0.133. The Morgan fingerprint density at radius 1 is 1.21 bits per heavy atom. The van der Waals surface area contributed by atoms with Gasteiger partial charge in [0.2, 0.25) is 5.91 Å². The van der Waals surface area contributed by atoms with Crippen LogP contribution in [0.4, 0.5) is 11.4 Å². The summed E-state index contributed by atoms with van der Waals surface area (Å²) in [4.78, 5) is 26.3. The fourth-order valence-corrected chi connectivity index (χ4v) is 4.06. The van der Waals surface area contributed by atoms with Crippen LogP contribution in [0.15, 0.2) is 48.5 Å². The van der Waals surface area contributed by atoms with E-state index in [9.17, 15) is 9.59 Å². The van der Waals surface area contributed by atoms with Crippen LogP contribution in [0.5, 0.6) is 5.75 Å². The van der Waals surface area contributed by atoms with E-state index < -0.39 is 0 Å². The molecule has 0 aromatic heterocycles. The Hall–Kier alpha value is -3.02. The Balaban J connectivity index is 1.30. The molecule has 152 valence electrons. The van der Waals surface area contributed by atoms with Crippen molar-refractivity contribution >= 4 is 23.2 Å². The average molecular weight is 393 g/mol. The average Bonchev–Trinajstić information content (AvgIpc) is 2.74. The van der Waals surface area contributed by atoms with Crippen molar-refractivity contribution in [1.82, 2.24) is 4.90 Å². The van der Waals surface area contributed by atoms with Crippen LogP contribution >= 0.6 is 0 Å². The van der Waals surface area contributed by atoms with Crippen LogP contribution in [0, 0.1) is 5.92 Å². The minimum absolute atomic E-state index is 0.0366. The van der Waals surface area contributed by atoms with Crippen molar-refractivity contribution in [3.63, 3.8) is 0 Å². The zero-order chi connectivity index (χ0) is 20.2. The Kier molecular flexibility index (Phi) is 5.69. The van der Waals surface area contributed by atoms with E-state index in [1.54, 1.807) is 0 Å². The van der Waals surface area contributed by atoms with Crippen LogP contribution in [-0.4, -0.2) is 42.5 Å². The third kappa shape index (κ3) is 4.70. The van der Waals surface area contributed by atoms with E-state index in [-0.39, 0.29) is 24.5 Å². The second kappa shape index (κ2) is 8.55. The zero-order valence-electron chi connectivity index (χ0n) is 16.7. The van der Waals surface area contributed by atoms with Gasteiger partial charge in [0.1, 0.15) is 11.8 Å². The van der Waals surface area contributed by atoms with Crippen LogP contribution in [0.3, 0.4) is 0 Å². The lowest BCUT2D eigenvalue weighted by Crippen LogP contribution is -2.45. The van der Waals surface area contributed by atoms with Crippen molar-refractivity contribution < 1.29 is 14.3 Å². The molecule has 1 atom stereocenters. The minimum Gasteiger partial charge on any atom is -0.482 e. The smallest absolute Gasteiger partial charge is 0.262 e. The number of piperidine rings is 1. The lowest BCUT2D eigenvalue weighted by Gasteiger charge is -2.34. The maximum absolute atomic E-state index is 12.9. The third-order valence-corrected chi connectivity index (χ3v) is 5.66. The van der Waals surface area contributed by atoms with E-state index in [4.69, 9.17) is 4.74 Å².